The van der Waals surface area contributed by atoms with Crippen molar-refractivity contribution in [3.63, 3.8) is 0 Å². The Morgan fingerprint density at radius 2 is 1.84 bits per heavy atom. The zero-order chi connectivity index (χ0) is 22.5. The monoisotopic (exact) mass is 443 g/mol. The minimum absolute atomic E-state index is 0.130. The second-order valence-corrected chi connectivity index (χ2v) is 7.62. The third kappa shape index (κ3) is 5.49. The molecular weight excluding hydrogens is 421 g/mol. The van der Waals surface area contributed by atoms with Crippen LogP contribution < -0.4 is 0 Å². The molecular formula is C23H23ClFN3O3. The molecule has 2 aromatic carbocycles. The number of amides is 1. The van der Waals surface area contributed by atoms with Crippen LogP contribution in [0.1, 0.15) is 34.1 Å². The average Bonchev–Trinajstić information content (AvgIpc) is 3.01. The number of ether oxygens (including phenoxy) is 1. The molecule has 1 atom stereocenters. The lowest BCUT2D eigenvalue weighted by Crippen LogP contribution is -2.37. The maximum atomic E-state index is 13.4. The Morgan fingerprint density at radius 3 is 2.52 bits per heavy atom. The van der Waals surface area contributed by atoms with E-state index in [9.17, 15) is 14.0 Å². The molecule has 6 nitrogen and oxygen atoms in total. The van der Waals surface area contributed by atoms with Gasteiger partial charge in [0.25, 0.3) is 5.91 Å². The molecule has 0 bridgehead atoms. The van der Waals surface area contributed by atoms with Crippen LogP contribution in [0.2, 0.25) is 5.15 Å². The van der Waals surface area contributed by atoms with Crippen LogP contribution in [0, 0.1) is 12.7 Å². The molecule has 1 heterocycles. The molecule has 162 valence electrons. The fourth-order valence-corrected chi connectivity index (χ4v) is 3.53. The summed E-state index contributed by atoms with van der Waals surface area (Å²) in [7, 11) is 1.56. The van der Waals surface area contributed by atoms with Gasteiger partial charge in [-0.05, 0) is 37.1 Å². The van der Waals surface area contributed by atoms with E-state index < -0.39 is 18.0 Å². The Bertz CT molecular complexity index is 1080. The van der Waals surface area contributed by atoms with E-state index in [0.29, 0.717) is 17.8 Å². The molecule has 0 saturated heterocycles. The van der Waals surface area contributed by atoms with Gasteiger partial charge in [-0.3, -0.25) is 4.79 Å². The van der Waals surface area contributed by atoms with E-state index in [1.54, 1.807) is 26.1 Å². The van der Waals surface area contributed by atoms with Crippen LogP contribution in [-0.4, -0.2) is 39.7 Å². The van der Waals surface area contributed by atoms with Gasteiger partial charge < -0.3 is 9.64 Å². The predicted octanol–water partition coefficient (Wildman–Crippen LogP) is 4.24. The van der Waals surface area contributed by atoms with Gasteiger partial charge in [-0.15, -0.1) is 0 Å². The third-order valence-corrected chi connectivity index (χ3v) is 5.15. The third-order valence-electron chi connectivity index (χ3n) is 4.76. The maximum Gasteiger partial charge on any atom is 0.343 e. The summed E-state index contributed by atoms with van der Waals surface area (Å²) in [4.78, 5) is 26.7. The van der Waals surface area contributed by atoms with Crippen molar-refractivity contribution in [3.8, 4) is 0 Å². The Labute approximate surface area is 185 Å². The Kier molecular flexibility index (Phi) is 7.07. The number of carbonyl (C=O) groups excluding carboxylic acids is 2. The highest BCUT2D eigenvalue weighted by molar-refractivity contribution is 6.32. The lowest BCUT2D eigenvalue weighted by Gasteiger charge is -2.21. The topological polar surface area (TPSA) is 64.4 Å². The van der Waals surface area contributed by atoms with Crippen molar-refractivity contribution in [1.29, 1.82) is 0 Å². The normalized spacial score (nSPS) is 11.8. The molecule has 0 saturated carbocycles. The van der Waals surface area contributed by atoms with Crippen LogP contribution in [0.4, 0.5) is 4.39 Å². The zero-order valence-corrected chi connectivity index (χ0v) is 18.3. The van der Waals surface area contributed by atoms with Crippen LogP contribution >= 0.6 is 11.6 Å². The summed E-state index contributed by atoms with van der Waals surface area (Å²) in [6, 6.07) is 15.6. The first-order valence-electron chi connectivity index (χ1n) is 9.73. The van der Waals surface area contributed by atoms with Gasteiger partial charge in [-0.1, -0.05) is 54.1 Å². The van der Waals surface area contributed by atoms with E-state index in [1.165, 1.54) is 28.6 Å². The maximum absolute atomic E-state index is 13.4. The van der Waals surface area contributed by atoms with Crippen molar-refractivity contribution in [2.75, 3.05) is 7.05 Å². The number of halogens is 2. The summed E-state index contributed by atoms with van der Waals surface area (Å²) >= 11 is 6.39. The van der Waals surface area contributed by atoms with Crippen molar-refractivity contribution in [1.82, 2.24) is 14.7 Å². The predicted molar refractivity (Wildman–Crippen MR) is 115 cm³/mol. The van der Waals surface area contributed by atoms with E-state index in [0.717, 1.165) is 5.56 Å². The van der Waals surface area contributed by atoms with E-state index in [2.05, 4.69) is 5.10 Å². The highest BCUT2D eigenvalue weighted by Crippen LogP contribution is 2.22. The second kappa shape index (κ2) is 9.75. The first-order chi connectivity index (χ1) is 14.8. The smallest absolute Gasteiger partial charge is 0.343 e. The van der Waals surface area contributed by atoms with Crippen LogP contribution in [0.5, 0.6) is 0 Å². The van der Waals surface area contributed by atoms with Crippen molar-refractivity contribution in [2.24, 2.45) is 0 Å². The fourth-order valence-electron chi connectivity index (χ4n) is 3.21. The summed E-state index contributed by atoms with van der Waals surface area (Å²) in [6.07, 6.45) is -1.04. The number of likely N-dealkylation sites (N-methyl/N-ethyl adjacent to an activating group) is 1. The summed E-state index contributed by atoms with van der Waals surface area (Å²) < 4.78 is 20.2. The molecule has 0 fully saturated rings. The van der Waals surface area contributed by atoms with Gasteiger partial charge in [-0.25, -0.2) is 13.9 Å². The van der Waals surface area contributed by atoms with E-state index in [4.69, 9.17) is 16.3 Å². The Morgan fingerprint density at radius 1 is 1.16 bits per heavy atom. The molecule has 8 heteroatoms. The molecule has 0 aliphatic carbocycles. The molecule has 0 aliphatic rings. The van der Waals surface area contributed by atoms with Crippen LogP contribution in [0.15, 0.2) is 54.6 Å². The highest BCUT2D eigenvalue weighted by Gasteiger charge is 2.27. The lowest BCUT2D eigenvalue weighted by molar-refractivity contribution is -0.139. The first-order valence-corrected chi connectivity index (χ1v) is 10.1. The van der Waals surface area contributed by atoms with Gasteiger partial charge in [-0.2, -0.15) is 5.10 Å². The van der Waals surface area contributed by atoms with Crippen LogP contribution in [0.3, 0.4) is 0 Å². The van der Waals surface area contributed by atoms with Gasteiger partial charge in [0.05, 0.1) is 12.2 Å². The molecule has 31 heavy (non-hydrogen) atoms. The standard InChI is InChI=1S/C23H23ClFN3O3/c1-15-20(21(24)28(26-15)14-17-8-5-4-6-9-17)23(30)31-16(2)22(29)27(3)13-18-10-7-11-19(25)12-18/h4-12,16H,13-14H2,1-3H3. The van der Waals surface area contributed by atoms with Gasteiger partial charge in [0.2, 0.25) is 0 Å². The molecule has 0 N–H and O–H groups in total. The van der Waals surface area contributed by atoms with Crippen molar-refractivity contribution < 1.29 is 18.7 Å². The van der Waals surface area contributed by atoms with Crippen molar-refractivity contribution in [2.45, 2.75) is 33.0 Å². The molecule has 0 radical (unpaired) electrons. The molecule has 1 amide bonds. The molecule has 3 aromatic rings. The SMILES string of the molecule is Cc1nn(Cc2ccccc2)c(Cl)c1C(=O)OC(C)C(=O)N(C)Cc1cccc(F)c1. The molecule has 1 unspecified atom stereocenters. The number of hydrogen-bond acceptors (Lipinski definition) is 4. The summed E-state index contributed by atoms with van der Waals surface area (Å²) in [5, 5.41) is 4.48. The van der Waals surface area contributed by atoms with E-state index >= 15 is 0 Å². The molecule has 3 rings (SSSR count). The Balaban J connectivity index is 1.67. The number of rotatable bonds is 7. The minimum atomic E-state index is -1.04. The molecule has 0 spiro atoms. The van der Waals surface area contributed by atoms with Gasteiger partial charge in [0, 0.05) is 13.6 Å². The number of hydrogen-bond donors (Lipinski definition) is 0. The summed E-state index contributed by atoms with van der Waals surface area (Å²) in [5.41, 5.74) is 2.16. The van der Waals surface area contributed by atoms with Crippen molar-refractivity contribution >= 4 is 23.5 Å². The number of carbonyl (C=O) groups is 2. The second-order valence-electron chi connectivity index (χ2n) is 7.27. The number of esters is 1. The fraction of sp³-hybridized carbons (Fsp3) is 0.261. The number of aromatic nitrogens is 2. The average molecular weight is 444 g/mol. The quantitative estimate of drug-likeness (QED) is 0.512. The van der Waals surface area contributed by atoms with E-state index in [1.807, 2.05) is 30.3 Å². The molecule has 1 aromatic heterocycles. The van der Waals surface area contributed by atoms with Gasteiger partial charge in [0.15, 0.2) is 6.10 Å². The first kappa shape index (κ1) is 22.5. The summed E-state index contributed by atoms with van der Waals surface area (Å²) in [6.45, 7) is 3.73. The highest BCUT2D eigenvalue weighted by atomic mass is 35.5. The number of nitrogens with zero attached hydrogens (tertiary/aromatic N) is 3. The molecule has 0 aliphatic heterocycles. The van der Waals surface area contributed by atoms with Crippen molar-refractivity contribution in [3.05, 3.63) is 88.0 Å². The van der Waals surface area contributed by atoms with Crippen LogP contribution in [-0.2, 0) is 22.6 Å². The van der Waals surface area contributed by atoms with E-state index in [-0.39, 0.29) is 23.1 Å². The zero-order valence-electron chi connectivity index (χ0n) is 17.5. The lowest BCUT2D eigenvalue weighted by atomic mass is 10.2. The summed E-state index contributed by atoms with van der Waals surface area (Å²) in [5.74, 6) is -1.51. The number of benzene rings is 2. The largest absolute Gasteiger partial charge is 0.449 e. The Hall–Kier alpha value is -3.19. The van der Waals surface area contributed by atoms with Crippen LogP contribution in [0.25, 0.3) is 0 Å². The number of aryl methyl sites for hydroxylation is 1. The van der Waals surface area contributed by atoms with Gasteiger partial charge >= 0.3 is 5.97 Å². The minimum Gasteiger partial charge on any atom is -0.449 e. The van der Waals surface area contributed by atoms with Gasteiger partial charge in [0.1, 0.15) is 16.5 Å².